The predicted octanol–water partition coefficient (Wildman–Crippen LogP) is 1.65. The largest absolute Gasteiger partial charge is 0.244 e. The van der Waals surface area contributed by atoms with Crippen LogP contribution in [0, 0.1) is 0 Å². The van der Waals surface area contributed by atoms with E-state index in [4.69, 9.17) is 0 Å². The summed E-state index contributed by atoms with van der Waals surface area (Å²) in [5, 5.41) is 0. The first-order valence-electron chi connectivity index (χ1n) is 7.40. The van der Waals surface area contributed by atoms with E-state index in [2.05, 4.69) is 0 Å². The number of sulfonamides is 2. The van der Waals surface area contributed by atoms with Gasteiger partial charge < -0.3 is 0 Å². The van der Waals surface area contributed by atoms with E-state index in [0.29, 0.717) is 5.56 Å². The molecule has 8 heteroatoms. The van der Waals surface area contributed by atoms with Crippen molar-refractivity contribution in [3.8, 4) is 0 Å². The maximum Gasteiger partial charge on any atom is 0.244 e. The van der Waals surface area contributed by atoms with Gasteiger partial charge in [0.2, 0.25) is 20.0 Å². The van der Waals surface area contributed by atoms with E-state index in [1.807, 2.05) is 0 Å². The molecule has 0 bridgehead atoms. The van der Waals surface area contributed by atoms with Crippen molar-refractivity contribution in [3.63, 3.8) is 0 Å². The number of nitrogens with zero attached hydrogens (tertiary/aromatic N) is 2. The van der Waals surface area contributed by atoms with E-state index in [1.165, 1.54) is 20.7 Å². The quantitative estimate of drug-likeness (QED) is 0.825. The smallest absolute Gasteiger partial charge is 0.212 e. The molecule has 1 heterocycles. The molecule has 0 spiro atoms. The Morgan fingerprint density at radius 1 is 0.792 bits per heavy atom. The van der Waals surface area contributed by atoms with Gasteiger partial charge in [0.25, 0.3) is 0 Å². The zero-order chi connectivity index (χ0) is 17.4. The highest BCUT2D eigenvalue weighted by Gasteiger charge is 2.44. The number of hydrogen-bond acceptors (Lipinski definition) is 4. The summed E-state index contributed by atoms with van der Waals surface area (Å²) in [6.07, 6.45) is 0.230. The Labute approximate surface area is 142 Å². The van der Waals surface area contributed by atoms with Crippen molar-refractivity contribution in [2.45, 2.75) is 11.1 Å². The van der Waals surface area contributed by atoms with Gasteiger partial charge in [-0.1, -0.05) is 48.5 Å². The van der Waals surface area contributed by atoms with Crippen molar-refractivity contribution in [1.82, 2.24) is 8.61 Å². The standard InChI is InChI=1S/C16H18N2O4S2/c1-23(19,20)17-12-13-18(16(17)14-8-4-2-5-9-14)24(21,22)15-10-6-3-7-11-15/h2-11,16H,12-13H2,1H3/t16-/m1/s1. The molecule has 0 N–H and O–H groups in total. The third-order valence-corrected chi connectivity index (χ3v) is 7.06. The van der Waals surface area contributed by atoms with Crippen LogP contribution < -0.4 is 0 Å². The highest BCUT2D eigenvalue weighted by atomic mass is 32.2. The molecule has 0 amide bonds. The van der Waals surface area contributed by atoms with Gasteiger partial charge in [0.15, 0.2) is 0 Å². The number of benzene rings is 2. The zero-order valence-corrected chi connectivity index (χ0v) is 14.7. The Bertz CT molecular complexity index is 913. The molecular formula is C16H18N2O4S2. The van der Waals surface area contributed by atoms with Crippen LogP contribution in [-0.4, -0.2) is 44.8 Å². The first-order chi connectivity index (χ1) is 11.3. The van der Waals surface area contributed by atoms with Crippen LogP contribution in [0.3, 0.4) is 0 Å². The van der Waals surface area contributed by atoms with Gasteiger partial charge in [0, 0.05) is 13.1 Å². The lowest BCUT2D eigenvalue weighted by Crippen LogP contribution is -2.37. The molecular weight excluding hydrogens is 348 g/mol. The second kappa shape index (κ2) is 6.29. The third-order valence-electron chi connectivity index (χ3n) is 3.96. The Morgan fingerprint density at radius 3 is 1.83 bits per heavy atom. The summed E-state index contributed by atoms with van der Waals surface area (Å²) in [5.41, 5.74) is 0.625. The number of hydrogen-bond donors (Lipinski definition) is 0. The summed E-state index contributed by atoms with van der Waals surface area (Å²) in [4.78, 5) is 0.154. The van der Waals surface area contributed by atoms with Gasteiger partial charge in [0.1, 0.15) is 6.17 Å². The first-order valence-corrected chi connectivity index (χ1v) is 10.7. The average Bonchev–Trinajstić information content (AvgIpc) is 3.02. The Balaban J connectivity index is 2.10. The molecule has 0 unspecified atom stereocenters. The summed E-state index contributed by atoms with van der Waals surface area (Å²) >= 11 is 0. The molecule has 2 aromatic rings. The molecule has 2 aromatic carbocycles. The van der Waals surface area contributed by atoms with Crippen LogP contribution >= 0.6 is 0 Å². The van der Waals surface area contributed by atoms with Crippen LogP contribution in [0.2, 0.25) is 0 Å². The van der Waals surface area contributed by atoms with Crippen LogP contribution in [0.4, 0.5) is 0 Å². The van der Waals surface area contributed by atoms with E-state index in [-0.39, 0.29) is 18.0 Å². The third kappa shape index (κ3) is 3.10. The predicted molar refractivity (Wildman–Crippen MR) is 91.1 cm³/mol. The Hall–Kier alpha value is -1.74. The summed E-state index contributed by atoms with van der Waals surface area (Å²) in [7, 11) is -7.35. The van der Waals surface area contributed by atoms with Crippen LogP contribution in [0.5, 0.6) is 0 Å². The minimum Gasteiger partial charge on any atom is -0.212 e. The SMILES string of the molecule is CS(=O)(=O)N1CCN(S(=O)(=O)c2ccccc2)[C@@H]1c1ccccc1. The summed E-state index contributed by atoms with van der Waals surface area (Å²) in [5.74, 6) is 0. The molecule has 1 fully saturated rings. The summed E-state index contributed by atoms with van der Waals surface area (Å²) in [6, 6.07) is 16.9. The van der Waals surface area contributed by atoms with Gasteiger partial charge in [-0.05, 0) is 17.7 Å². The lowest BCUT2D eigenvalue weighted by molar-refractivity contribution is 0.293. The molecule has 0 saturated carbocycles. The van der Waals surface area contributed by atoms with Gasteiger partial charge in [0.05, 0.1) is 11.2 Å². The van der Waals surface area contributed by atoms with Gasteiger partial charge in [-0.2, -0.15) is 8.61 Å². The first kappa shape index (κ1) is 17.1. The minimum atomic E-state index is -3.80. The van der Waals surface area contributed by atoms with E-state index in [0.717, 1.165) is 6.26 Å². The maximum absolute atomic E-state index is 13.0. The molecule has 1 atom stereocenters. The molecule has 3 rings (SSSR count). The molecule has 1 saturated heterocycles. The molecule has 24 heavy (non-hydrogen) atoms. The fourth-order valence-corrected chi connectivity index (χ4v) is 5.53. The lowest BCUT2D eigenvalue weighted by Gasteiger charge is -2.28. The van der Waals surface area contributed by atoms with Crippen molar-refractivity contribution in [3.05, 3.63) is 66.2 Å². The molecule has 6 nitrogen and oxygen atoms in total. The fraction of sp³-hybridized carbons (Fsp3) is 0.250. The van der Waals surface area contributed by atoms with E-state index in [1.54, 1.807) is 48.5 Å². The molecule has 0 aliphatic carbocycles. The second-order valence-corrected chi connectivity index (χ2v) is 9.41. The van der Waals surface area contributed by atoms with Crippen molar-refractivity contribution in [2.75, 3.05) is 19.3 Å². The molecule has 1 aliphatic rings. The van der Waals surface area contributed by atoms with Crippen LogP contribution in [0.1, 0.15) is 11.7 Å². The Kier molecular flexibility index (Phi) is 4.48. The van der Waals surface area contributed by atoms with E-state index < -0.39 is 26.2 Å². The summed E-state index contributed by atoms with van der Waals surface area (Å²) < 4.78 is 52.7. The highest BCUT2D eigenvalue weighted by Crippen LogP contribution is 2.36. The van der Waals surface area contributed by atoms with Gasteiger partial charge in [-0.3, -0.25) is 0 Å². The monoisotopic (exact) mass is 366 g/mol. The minimum absolute atomic E-state index is 0.115. The van der Waals surface area contributed by atoms with Crippen molar-refractivity contribution < 1.29 is 16.8 Å². The Morgan fingerprint density at radius 2 is 1.29 bits per heavy atom. The van der Waals surface area contributed by atoms with E-state index >= 15 is 0 Å². The highest BCUT2D eigenvalue weighted by molar-refractivity contribution is 7.89. The van der Waals surface area contributed by atoms with Crippen LogP contribution in [0.15, 0.2) is 65.6 Å². The zero-order valence-electron chi connectivity index (χ0n) is 13.1. The fourth-order valence-electron chi connectivity index (χ4n) is 2.87. The topological polar surface area (TPSA) is 74.8 Å². The maximum atomic E-state index is 13.0. The van der Waals surface area contributed by atoms with Gasteiger partial charge >= 0.3 is 0 Å². The van der Waals surface area contributed by atoms with Crippen molar-refractivity contribution in [1.29, 1.82) is 0 Å². The average molecular weight is 366 g/mol. The van der Waals surface area contributed by atoms with Gasteiger partial charge in [-0.15, -0.1) is 0 Å². The molecule has 128 valence electrons. The van der Waals surface area contributed by atoms with Crippen molar-refractivity contribution >= 4 is 20.0 Å². The van der Waals surface area contributed by atoms with Gasteiger partial charge in [-0.25, -0.2) is 16.8 Å². The van der Waals surface area contributed by atoms with E-state index in [9.17, 15) is 16.8 Å². The number of rotatable bonds is 4. The van der Waals surface area contributed by atoms with Crippen molar-refractivity contribution in [2.24, 2.45) is 0 Å². The molecule has 0 radical (unpaired) electrons. The van der Waals surface area contributed by atoms with Crippen LogP contribution in [-0.2, 0) is 20.0 Å². The normalized spacial score (nSPS) is 20.3. The molecule has 0 aromatic heterocycles. The molecule has 1 aliphatic heterocycles. The second-order valence-electron chi connectivity index (χ2n) is 5.59. The summed E-state index contributed by atoms with van der Waals surface area (Å²) in [6.45, 7) is 0.244. The van der Waals surface area contributed by atoms with Crippen LogP contribution in [0.25, 0.3) is 0 Å². The lowest BCUT2D eigenvalue weighted by atomic mass is 10.2.